The van der Waals surface area contributed by atoms with Gasteiger partial charge < -0.3 is 0 Å². The van der Waals surface area contributed by atoms with E-state index in [1.165, 1.54) is 37.8 Å². The average molecular weight is 463 g/mol. The first kappa shape index (κ1) is 24.8. The molecule has 0 saturated heterocycles. The molecule has 0 fully saturated rings. The first-order chi connectivity index (χ1) is 15.1. The average Bonchev–Trinajstić information content (AvgIpc) is 2.74. The highest BCUT2D eigenvalue weighted by Gasteiger charge is 2.24. The standard InChI is InChI=1S/C30H39ClSi/c1-19(2)23-13-24(20(3)4)16-27(15-23)32(30-12-10-9-11-29(30)31)28-17-25(21(5)6)14-26(18-28)22(7)8/h9-22,32H,1-8H3. The summed E-state index contributed by atoms with van der Waals surface area (Å²) in [5, 5.41) is 5.17. The summed E-state index contributed by atoms with van der Waals surface area (Å²) in [6, 6.07) is 23.2. The summed E-state index contributed by atoms with van der Waals surface area (Å²) in [5.74, 6) is 2.01. The van der Waals surface area contributed by atoms with Gasteiger partial charge in [0.25, 0.3) is 0 Å². The second-order valence-corrected chi connectivity index (χ2v) is 13.7. The molecule has 0 spiro atoms. The molecule has 32 heavy (non-hydrogen) atoms. The zero-order valence-corrected chi connectivity index (χ0v) is 22.9. The molecule has 3 rings (SSSR count). The molecule has 0 aromatic heterocycles. The van der Waals surface area contributed by atoms with Crippen LogP contribution in [-0.2, 0) is 0 Å². The summed E-state index contributed by atoms with van der Waals surface area (Å²) in [6.07, 6.45) is 0. The minimum Gasteiger partial charge on any atom is -0.0845 e. The molecule has 3 aromatic rings. The Hall–Kier alpha value is -1.83. The molecule has 170 valence electrons. The molecule has 0 N–H and O–H groups in total. The van der Waals surface area contributed by atoms with Crippen LogP contribution in [0.25, 0.3) is 0 Å². The van der Waals surface area contributed by atoms with Crippen molar-refractivity contribution in [1.82, 2.24) is 0 Å². The lowest BCUT2D eigenvalue weighted by Gasteiger charge is -2.24. The number of rotatable bonds is 7. The van der Waals surface area contributed by atoms with Crippen molar-refractivity contribution in [3.8, 4) is 0 Å². The molecule has 0 amide bonds. The third-order valence-electron chi connectivity index (χ3n) is 6.55. The van der Waals surface area contributed by atoms with E-state index in [0.29, 0.717) is 23.7 Å². The van der Waals surface area contributed by atoms with Crippen LogP contribution in [0.1, 0.15) is 101 Å². The van der Waals surface area contributed by atoms with Gasteiger partial charge in [-0.25, -0.2) is 0 Å². The summed E-state index contributed by atoms with van der Waals surface area (Å²) >= 11 is 6.86. The summed E-state index contributed by atoms with van der Waals surface area (Å²) in [6.45, 7) is 18.4. The minimum atomic E-state index is -1.76. The van der Waals surface area contributed by atoms with E-state index in [-0.39, 0.29) is 0 Å². The van der Waals surface area contributed by atoms with E-state index in [1.807, 2.05) is 6.07 Å². The molecule has 0 nitrogen and oxygen atoms in total. The van der Waals surface area contributed by atoms with Crippen molar-refractivity contribution in [3.63, 3.8) is 0 Å². The molecule has 0 unspecified atom stereocenters. The molecule has 0 aliphatic heterocycles. The highest BCUT2D eigenvalue weighted by atomic mass is 35.5. The molecule has 0 aliphatic carbocycles. The maximum Gasteiger partial charge on any atom is 0.134 e. The molecular weight excluding hydrogens is 424 g/mol. The summed E-state index contributed by atoms with van der Waals surface area (Å²) in [5.41, 5.74) is 5.72. The van der Waals surface area contributed by atoms with Crippen molar-refractivity contribution >= 4 is 36.0 Å². The van der Waals surface area contributed by atoms with Crippen molar-refractivity contribution in [1.29, 1.82) is 0 Å². The normalized spacial score (nSPS) is 12.1. The van der Waals surface area contributed by atoms with Gasteiger partial charge in [0.1, 0.15) is 8.80 Å². The highest BCUT2D eigenvalue weighted by molar-refractivity contribution is 6.96. The van der Waals surface area contributed by atoms with Gasteiger partial charge in [-0.05, 0) is 57.2 Å². The van der Waals surface area contributed by atoms with Crippen LogP contribution in [0.5, 0.6) is 0 Å². The lowest BCUT2D eigenvalue weighted by molar-refractivity contribution is 0.835. The Morgan fingerprint density at radius 2 is 0.875 bits per heavy atom. The second kappa shape index (κ2) is 10.4. The fourth-order valence-corrected chi connectivity index (χ4v) is 8.01. The van der Waals surface area contributed by atoms with Gasteiger partial charge in [-0.15, -0.1) is 0 Å². The van der Waals surface area contributed by atoms with E-state index in [0.717, 1.165) is 5.02 Å². The fourth-order valence-electron chi connectivity index (χ4n) is 4.33. The van der Waals surface area contributed by atoms with Gasteiger partial charge in [-0.2, -0.15) is 0 Å². The maximum atomic E-state index is 6.86. The van der Waals surface area contributed by atoms with Gasteiger partial charge in [0, 0.05) is 5.02 Å². The zero-order chi connectivity index (χ0) is 23.6. The van der Waals surface area contributed by atoms with Crippen LogP contribution in [0.15, 0.2) is 60.7 Å². The number of benzene rings is 3. The van der Waals surface area contributed by atoms with Crippen LogP contribution < -0.4 is 15.6 Å². The maximum absolute atomic E-state index is 6.86. The SMILES string of the molecule is CC(C)c1cc(C(C)C)cc([SiH](c2cc(C(C)C)cc(C(C)C)c2)c2ccccc2Cl)c1. The predicted molar refractivity (Wildman–Crippen MR) is 147 cm³/mol. The third kappa shape index (κ3) is 5.56. The van der Waals surface area contributed by atoms with Gasteiger partial charge >= 0.3 is 0 Å². The van der Waals surface area contributed by atoms with Gasteiger partial charge in [-0.3, -0.25) is 0 Å². The van der Waals surface area contributed by atoms with E-state index in [4.69, 9.17) is 11.6 Å². The van der Waals surface area contributed by atoms with Crippen LogP contribution in [0.3, 0.4) is 0 Å². The van der Waals surface area contributed by atoms with E-state index < -0.39 is 8.80 Å². The van der Waals surface area contributed by atoms with Crippen LogP contribution in [0.2, 0.25) is 5.02 Å². The molecular formula is C30H39ClSi. The van der Waals surface area contributed by atoms with Crippen LogP contribution >= 0.6 is 11.6 Å². The van der Waals surface area contributed by atoms with E-state index >= 15 is 0 Å². The fraction of sp³-hybridized carbons (Fsp3) is 0.400. The van der Waals surface area contributed by atoms with Crippen LogP contribution in [-0.4, -0.2) is 8.80 Å². The largest absolute Gasteiger partial charge is 0.134 e. The molecule has 2 heteroatoms. The van der Waals surface area contributed by atoms with E-state index in [2.05, 4.69) is 110 Å². The third-order valence-corrected chi connectivity index (χ3v) is 10.2. The van der Waals surface area contributed by atoms with Crippen LogP contribution in [0, 0.1) is 0 Å². The Morgan fingerprint density at radius 3 is 1.19 bits per heavy atom. The van der Waals surface area contributed by atoms with Crippen molar-refractivity contribution < 1.29 is 0 Å². The van der Waals surface area contributed by atoms with Gasteiger partial charge in [0.2, 0.25) is 0 Å². The lowest BCUT2D eigenvalue weighted by Crippen LogP contribution is -2.53. The smallest absolute Gasteiger partial charge is 0.0845 e. The van der Waals surface area contributed by atoms with E-state index in [9.17, 15) is 0 Å². The molecule has 0 aliphatic rings. The first-order valence-electron chi connectivity index (χ1n) is 12.1. The Morgan fingerprint density at radius 1 is 0.531 bits per heavy atom. The van der Waals surface area contributed by atoms with Crippen molar-refractivity contribution in [2.24, 2.45) is 0 Å². The Balaban J connectivity index is 2.34. The van der Waals surface area contributed by atoms with Crippen molar-refractivity contribution in [2.75, 3.05) is 0 Å². The zero-order valence-electron chi connectivity index (χ0n) is 21.0. The van der Waals surface area contributed by atoms with Crippen molar-refractivity contribution in [2.45, 2.75) is 79.1 Å². The topological polar surface area (TPSA) is 0 Å². The Kier molecular flexibility index (Phi) is 8.06. The lowest BCUT2D eigenvalue weighted by atomic mass is 9.96. The van der Waals surface area contributed by atoms with E-state index in [1.54, 1.807) is 0 Å². The molecule has 0 radical (unpaired) electrons. The van der Waals surface area contributed by atoms with Gasteiger partial charge in [0.05, 0.1) is 0 Å². The van der Waals surface area contributed by atoms with Crippen molar-refractivity contribution in [3.05, 3.63) is 87.9 Å². The minimum absolute atomic E-state index is 0.501. The second-order valence-electron chi connectivity index (χ2n) is 10.4. The Labute approximate surface area is 202 Å². The first-order valence-corrected chi connectivity index (χ1v) is 14.2. The Bertz CT molecular complexity index is 946. The van der Waals surface area contributed by atoms with Gasteiger partial charge in [-0.1, -0.05) is 132 Å². The molecule has 0 heterocycles. The number of hydrogen-bond acceptors (Lipinski definition) is 0. The summed E-state index contributed by atoms with van der Waals surface area (Å²) < 4.78 is 0. The monoisotopic (exact) mass is 462 g/mol. The highest BCUT2D eigenvalue weighted by Crippen LogP contribution is 2.23. The molecule has 0 atom stereocenters. The number of hydrogen-bond donors (Lipinski definition) is 0. The molecule has 3 aromatic carbocycles. The van der Waals surface area contributed by atoms with Crippen LogP contribution in [0.4, 0.5) is 0 Å². The predicted octanol–water partition coefficient (Wildman–Crippen LogP) is 7.08. The summed E-state index contributed by atoms with van der Waals surface area (Å²) in [4.78, 5) is 0. The molecule has 0 bridgehead atoms. The van der Waals surface area contributed by atoms with Gasteiger partial charge in [0.15, 0.2) is 0 Å². The summed E-state index contributed by atoms with van der Waals surface area (Å²) in [7, 11) is -1.76. The number of halogens is 1. The molecule has 0 saturated carbocycles. The quantitative estimate of drug-likeness (QED) is 0.260.